The summed E-state index contributed by atoms with van der Waals surface area (Å²) < 4.78 is 0. The number of likely N-dealkylation sites (tertiary alicyclic amines) is 1. The summed E-state index contributed by atoms with van der Waals surface area (Å²) in [5, 5.41) is 6.62. The molecule has 0 aliphatic carbocycles. The molecule has 20 heavy (non-hydrogen) atoms. The quantitative estimate of drug-likeness (QED) is 0.856. The lowest BCUT2D eigenvalue weighted by molar-refractivity contribution is -0.132. The van der Waals surface area contributed by atoms with E-state index in [-0.39, 0.29) is 11.9 Å². The van der Waals surface area contributed by atoms with Gasteiger partial charge in [0.05, 0.1) is 0 Å². The Balaban J connectivity index is 2.02. The number of carbonyl (C=O) groups is 1. The molecule has 2 N–H and O–H groups in total. The van der Waals surface area contributed by atoms with Gasteiger partial charge in [0.15, 0.2) is 0 Å². The zero-order valence-corrected chi connectivity index (χ0v) is 12.4. The van der Waals surface area contributed by atoms with Crippen molar-refractivity contribution in [3.05, 3.63) is 11.8 Å². The molecule has 0 radical (unpaired) electrons. The molecule has 6 nitrogen and oxygen atoms in total. The van der Waals surface area contributed by atoms with Gasteiger partial charge in [0.2, 0.25) is 11.9 Å². The van der Waals surface area contributed by atoms with Crippen LogP contribution in [0.4, 0.5) is 11.8 Å². The second-order valence-corrected chi connectivity index (χ2v) is 5.31. The van der Waals surface area contributed by atoms with E-state index in [1.165, 1.54) is 0 Å². The zero-order valence-electron chi connectivity index (χ0n) is 12.4. The topological polar surface area (TPSA) is 70.2 Å². The van der Waals surface area contributed by atoms with Gasteiger partial charge in [-0.2, -0.15) is 4.98 Å². The number of carbonyl (C=O) groups excluding carboxylic acids is 1. The van der Waals surface area contributed by atoms with Gasteiger partial charge in [-0.25, -0.2) is 4.98 Å². The largest absolute Gasteiger partial charge is 0.365 e. The molecule has 0 spiro atoms. The summed E-state index contributed by atoms with van der Waals surface area (Å²) >= 11 is 0. The van der Waals surface area contributed by atoms with Crippen molar-refractivity contribution in [2.24, 2.45) is 0 Å². The van der Waals surface area contributed by atoms with Crippen LogP contribution in [-0.4, -0.2) is 47.0 Å². The highest BCUT2D eigenvalue weighted by Gasteiger charge is 2.23. The third-order valence-corrected chi connectivity index (χ3v) is 3.47. The highest BCUT2D eigenvalue weighted by Crippen LogP contribution is 2.18. The molecule has 1 fully saturated rings. The summed E-state index contributed by atoms with van der Waals surface area (Å²) in [5.74, 6) is 1.72. The van der Waals surface area contributed by atoms with Gasteiger partial charge in [-0.05, 0) is 19.8 Å². The maximum Gasteiger partial charge on any atom is 0.224 e. The standard InChI is InChI=1S/C14H23N5O/c1-4-7-15-14-16-8-10(2)13(18-14)17-11-5-6-12(20)19(3)9-11/h8,11H,4-7,9H2,1-3H3,(H2,15,16,17,18). The molecule has 1 aromatic rings. The Bertz CT molecular complexity index is 477. The van der Waals surface area contributed by atoms with Gasteiger partial charge >= 0.3 is 0 Å². The van der Waals surface area contributed by atoms with E-state index in [1.54, 1.807) is 4.90 Å². The SMILES string of the molecule is CCCNc1ncc(C)c(NC2CCC(=O)N(C)C2)n1. The Labute approximate surface area is 120 Å². The van der Waals surface area contributed by atoms with Gasteiger partial charge in [-0.15, -0.1) is 0 Å². The van der Waals surface area contributed by atoms with Crippen molar-refractivity contribution in [3.8, 4) is 0 Å². The Hall–Kier alpha value is -1.85. The summed E-state index contributed by atoms with van der Waals surface area (Å²) in [6, 6.07) is 0.255. The molecule has 2 heterocycles. The Kier molecular flexibility index (Phi) is 4.76. The summed E-state index contributed by atoms with van der Waals surface area (Å²) in [6.45, 7) is 5.68. The third kappa shape index (κ3) is 3.59. The number of likely N-dealkylation sites (N-methyl/N-ethyl adjacent to an activating group) is 1. The first-order valence-corrected chi connectivity index (χ1v) is 7.18. The second kappa shape index (κ2) is 6.54. The maximum absolute atomic E-state index is 11.5. The minimum atomic E-state index is 0.216. The van der Waals surface area contributed by atoms with Crippen LogP contribution in [-0.2, 0) is 4.79 Å². The van der Waals surface area contributed by atoms with Crippen molar-refractivity contribution in [1.82, 2.24) is 14.9 Å². The lowest BCUT2D eigenvalue weighted by atomic mass is 10.1. The molecule has 1 aromatic heterocycles. The van der Waals surface area contributed by atoms with Crippen LogP contribution in [0, 0.1) is 6.92 Å². The molecular formula is C14H23N5O. The molecule has 0 bridgehead atoms. The van der Waals surface area contributed by atoms with Gasteiger partial charge in [-0.3, -0.25) is 4.79 Å². The van der Waals surface area contributed by atoms with E-state index in [1.807, 2.05) is 20.2 Å². The van der Waals surface area contributed by atoms with E-state index in [2.05, 4.69) is 27.5 Å². The summed E-state index contributed by atoms with van der Waals surface area (Å²) in [6.07, 6.45) is 4.31. The number of rotatable bonds is 5. The highest BCUT2D eigenvalue weighted by molar-refractivity contribution is 5.77. The van der Waals surface area contributed by atoms with E-state index in [9.17, 15) is 4.79 Å². The van der Waals surface area contributed by atoms with Gasteiger partial charge in [0, 0.05) is 44.4 Å². The molecule has 1 saturated heterocycles. The predicted molar refractivity (Wildman–Crippen MR) is 79.8 cm³/mol. The molecular weight excluding hydrogens is 254 g/mol. The molecule has 0 saturated carbocycles. The van der Waals surface area contributed by atoms with Crippen molar-refractivity contribution in [3.63, 3.8) is 0 Å². The molecule has 1 aliphatic heterocycles. The fourth-order valence-corrected chi connectivity index (χ4v) is 2.23. The second-order valence-electron chi connectivity index (χ2n) is 5.31. The highest BCUT2D eigenvalue weighted by atomic mass is 16.2. The number of nitrogens with zero attached hydrogens (tertiary/aromatic N) is 3. The van der Waals surface area contributed by atoms with Gasteiger partial charge in [0.1, 0.15) is 5.82 Å². The number of aryl methyl sites for hydroxylation is 1. The van der Waals surface area contributed by atoms with Crippen LogP contribution < -0.4 is 10.6 Å². The number of hydrogen-bond donors (Lipinski definition) is 2. The summed E-state index contributed by atoms with van der Waals surface area (Å²) in [7, 11) is 1.84. The number of piperidine rings is 1. The molecule has 6 heteroatoms. The molecule has 1 aliphatic rings. The molecule has 1 amide bonds. The molecule has 2 rings (SSSR count). The summed E-state index contributed by atoms with van der Waals surface area (Å²) in [4.78, 5) is 22.0. The average Bonchev–Trinajstić information content (AvgIpc) is 2.44. The monoisotopic (exact) mass is 277 g/mol. The zero-order chi connectivity index (χ0) is 14.5. The van der Waals surface area contributed by atoms with Crippen LogP contribution in [0.25, 0.3) is 0 Å². The molecule has 0 aromatic carbocycles. The Morgan fingerprint density at radius 1 is 1.50 bits per heavy atom. The van der Waals surface area contributed by atoms with Crippen LogP contribution >= 0.6 is 0 Å². The van der Waals surface area contributed by atoms with Crippen LogP contribution in [0.3, 0.4) is 0 Å². The van der Waals surface area contributed by atoms with Crippen molar-refractivity contribution >= 4 is 17.7 Å². The van der Waals surface area contributed by atoms with E-state index in [0.717, 1.165) is 37.3 Å². The van der Waals surface area contributed by atoms with Gasteiger partial charge < -0.3 is 15.5 Å². The van der Waals surface area contributed by atoms with Gasteiger partial charge in [-0.1, -0.05) is 6.92 Å². The molecule has 110 valence electrons. The number of nitrogens with one attached hydrogen (secondary N) is 2. The number of hydrogen-bond acceptors (Lipinski definition) is 5. The summed E-state index contributed by atoms with van der Waals surface area (Å²) in [5.41, 5.74) is 1.02. The van der Waals surface area contributed by atoms with Crippen LogP contribution in [0.5, 0.6) is 0 Å². The first-order valence-electron chi connectivity index (χ1n) is 7.18. The average molecular weight is 277 g/mol. The van der Waals surface area contributed by atoms with Crippen molar-refractivity contribution in [2.45, 2.75) is 39.2 Å². The maximum atomic E-state index is 11.5. The van der Waals surface area contributed by atoms with E-state index < -0.39 is 0 Å². The first-order chi connectivity index (χ1) is 9.60. The lowest BCUT2D eigenvalue weighted by Crippen LogP contribution is -2.43. The van der Waals surface area contributed by atoms with Crippen molar-refractivity contribution < 1.29 is 4.79 Å². The van der Waals surface area contributed by atoms with Gasteiger partial charge in [0.25, 0.3) is 0 Å². The van der Waals surface area contributed by atoms with E-state index in [0.29, 0.717) is 12.4 Å². The van der Waals surface area contributed by atoms with Crippen LogP contribution in [0.2, 0.25) is 0 Å². The Morgan fingerprint density at radius 2 is 2.30 bits per heavy atom. The smallest absolute Gasteiger partial charge is 0.224 e. The molecule has 1 atom stereocenters. The predicted octanol–water partition coefficient (Wildman–Crippen LogP) is 1.64. The van der Waals surface area contributed by atoms with E-state index >= 15 is 0 Å². The van der Waals surface area contributed by atoms with Crippen LogP contribution in [0.15, 0.2) is 6.20 Å². The van der Waals surface area contributed by atoms with Crippen LogP contribution in [0.1, 0.15) is 31.7 Å². The number of aromatic nitrogens is 2. The lowest BCUT2D eigenvalue weighted by Gasteiger charge is -2.30. The minimum absolute atomic E-state index is 0.216. The minimum Gasteiger partial charge on any atom is -0.365 e. The third-order valence-electron chi connectivity index (χ3n) is 3.47. The van der Waals surface area contributed by atoms with Crippen molar-refractivity contribution in [2.75, 3.05) is 30.8 Å². The fraction of sp³-hybridized carbons (Fsp3) is 0.643. The number of amides is 1. The van der Waals surface area contributed by atoms with E-state index in [4.69, 9.17) is 0 Å². The number of anilines is 2. The van der Waals surface area contributed by atoms with Crippen molar-refractivity contribution in [1.29, 1.82) is 0 Å². The fourth-order valence-electron chi connectivity index (χ4n) is 2.23. The first kappa shape index (κ1) is 14.6. The molecule has 1 unspecified atom stereocenters. The normalized spacial score (nSPS) is 19.1. The Morgan fingerprint density at radius 3 is 3.00 bits per heavy atom.